The molecular formula is C7H7F3O2. The number of alkyl halides is 3. The summed E-state index contributed by atoms with van der Waals surface area (Å²) in [6, 6.07) is 1.37. The molecule has 0 aliphatic carbocycles. The van der Waals surface area contributed by atoms with Crippen LogP contribution in [0.3, 0.4) is 0 Å². The van der Waals surface area contributed by atoms with Gasteiger partial charge in [-0.25, -0.2) is 0 Å². The first kappa shape index (κ1) is 9.12. The van der Waals surface area contributed by atoms with E-state index >= 15 is 0 Å². The first-order chi connectivity index (χ1) is 5.43. The van der Waals surface area contributed by atoms with E-state index in [-0.39, 0.29) is 0 Å². The topological polar surface area (TPSA) is 33.4 Å². The van der Waals surface area contributed by atoms with Crippen LogP contribution in [0, 0.1) is 6.92 Å². The number of hydrogen-bond donors (Lipinski definition) is 1. The molecular weight excluding hydrogens is 173 g/mol. The van der Waals surface area contributed by atoms with Crippen molar-refractivity contribution in [3.05, 3.63) is 23.7 Å². The predicted octanol–water partition coefficient (Wildman–Crippen LogP) is 2.18. The van der Waals surface area contributed by atoms with Crippen LogP contribution in [0.4, 0.5) is 13.2 Å². The van der Waals surface area contributed by atoms with Crippen molar-refractivity contribution in [1.82, 2.24) is 0 Å². The van der Waals surface area contributed by atoms with Gasteiger partial charge in [0, 0.05) is 0 Å². The Morgan fingerprint density at radius 2 is 2.08 bits per heavy atom. The molecule has 0 aromatic carbocycles. The van der Waals surface area contributed by atoms with Gasteiger partial charge in [0.2, 0.25) is 6.10 Å². The molecule has 12 heavy (non-hydrogen) atoms. The summed E-state index contributed by atoms with van der Waals surface area (Å²) in [5.41, 5.74) is 0.292. The third-order valence-corrected chi connectivity index (χ3v) is 1.46. The average Bonchev–Trinajstić information content (AvgIpc) is 2.31. The van der Waals surface area contributed by atoms with E-state index in [0.717, 1.165) is 6.26 Å². The van der Waals surface area contributed by atoms with Crippen LogP contribution in [0.15, 0.2) is 16.7 Å². The fourth-order valence-corrected chi connectivity index (χ4v) is 0.813. The summed E-state index contributed by atoms with van der Waals surface area (Å²) in [7, 11) is 0. The van der Waals surface area contributed by atoms with E-state index in [9.17, 15) is 13.2 Å². The monoisotopic (exact) mass is 180 g/mol. The second-order valence-corrected chi connectivity index (χ2v) is 2.41. The van der Waals surface area contributed by atoms with Crippen molar-refractivity contribution >= 4 is 0 Å². The van der Waals surface area contributed by atoms with Gasteiger partial charge in [0.1, 0.15) is 5.76 Å². The average molecular weight is 180 g/mol. The van der Waals surface area contributed by atoms with Crippen molar-refractivity contribution in [3.8, 4) is 0 Å². The molecule has 0 amide bonds. The molecule has 0 fully saturated rings. The number of hydrogen-bond acceptors (Lipinski definition) is 2. The van der Waals surface area contributed by atoms with Crippen LogP contribution in [-0.2, 0) is 0 Å². The highest BCUT2D eigenvalue weighted by Gasteiger charge is 2.42. The van der Waals surface area contributed by atoms with Gasteiger partial charge in [0.05, 0.1) is 6.26 Å². The van der Waals surface area contributed by atoms with Crippen LogP contribution >= 0.6 is 0 Å². The summed E-state index contributed by atoms with van der Waals surface area (Å²) in [4.78, 5) is 0. The van der Waals surface area contributed by atoms with Gasteiger partial charge in [-0.05, 0) is 18.6 Å². The summed E-state index contributed by atoms with van der Waals surface area (Å²) < 4.78 is 40.1. The second kappa shape index (κ2) is 2.82. The molecule has 2 nitrogen and oxygen atoms in total. The number of aliphatic hydroxyl groups excluding tert-OH is 1. The van der Waals surface area contributed by atoms with Gasteiger partial charge in [0.25, 0.3) is 0 Å². The van der Waals surface area contributed by atoms with Crippen LogP contribution in [0.25, 0.3) is 0 Å². The van der Waals surface area contributed by atoms with Gasteiger partial charge in [-0.1, -0.05) is 0 Å². The molecule has 1 rings (SSSR count). The van der Waals surface area contributed by atoms with Crippen molar-refractivity contribution in [1.29, 1.82) is 0 Å². The Labute approximate surface area is 66.6 Å². The zero-order valence-corrected chi connectivity index (χ0v) is 6.22. The van der Waals surface area contributed by atoms with E-state index in [4.69, 9.17) is 5.11 Å². The van der Waals surface area contributed by atoms with E-state index < -0.39 is 18.0 Å². The van der Waals surface area contributed by atoms with Gasteiger partial charge in [-0.3, -0.25) is 0 Å². The van der Waals surface area contributed by atoms with Crippen molar-refractivity contribution in [2.24, 2.45) is 0 Å². The molecule has 0 spiro atoms. The van der Waals surface area contributed by atoms with Crippen LogP contribution in [0.2, 0.25) is 0 Å². The highest BCUT2D eigenvalue weighted by Crippen LogP contribution is 2.34. The van der Waals surface area contributed by atoms with Crippen LogP contribution in [0.5, 0.6) is 0 Å². The van der Waals surface area contributed by atoms with Crippen molar-refractivity contribution in [3.63, 3.8) is 0 Å². The van der Waals surface area contributed by atoms with Crippen LogP contribution in [0.1, 0.15) is 17.4 Å². The molecule has 1 atom stereocenters. The number of rotatable bonds is 1. The first-order valence-electron chi connectivity index (χ1n) is 3.21. The van der Waals surface area contributed by atoms with E-state index in [1.807, 2.05) is 0 Å². The highest BCUT2D eigenvalue weighted by molar-refractivity contribution is 5.17. The zero-order valence-electron chi connectivity index (χ0n) is 6.22. The molecule has 0 aliphatic rings. The van der Waals surface area contributed by atoms with Gasteiger partial charge in [-0.15, -0.1) is 0 Å². The lowest BCUT2D eigenvalue weighted by Crippen LogP contribution is -2.20. The lowest BCUT2D eigenvalue weighted by molar-refractivity contribution is -0.211. The van der Waals surface area contributed by atoms with Crippen LogP contribution < -0.4 is 0 Å². The maximum Gasteiger partial charge on any atom is 0.421 e. The third-order valence-electron chi connectivity index (χ3n) is 1.46. The van der Waals surface area contributed by atoms with E-state index in [1.165, 1.54) is 13.0 Å². The molecule has 1 N–H and O–H groups in total. The SMILES string of the molecule is Cc1ccoc1C(O)C(F)(F)F. The number of furan rings is 1. The Kier molecular flexibility index (Phi) is 2.14. The minimum Gasteiger partial charge on any atom is -0.466 e. The van der Waals surface area contributed by atoms with E-state index in [2.05, 4.69) is 4.42 Å². The van der Waals surface area contributed by atoms with Gasteiger partial charge in [0.15, 0.2) is 0 Å². The fourth-order valence-electron chi connectivity index (χ4n) is 0.813. The van der Waals surface area contributed by atoms with Gasteiger partial charge < -0.3 is 9.52 Å². The molecule has 1 aromatic heterocycles. The van der Waals surface area contributed by atoms with E-state index in [1.54, 1.807) is 0 Å². The second-order valence-electron chi connectivity index (χ2n) is 2.41. The molecule has 0 bridgehead atoms. The Hall–Kier alpha value is -0.970. The Bertz CT molecular complexity index is 264. The molecule has 0 saturated heterocycles. The van der Waals surface area contributed by atoms with Crippen molar-refractivity contribution < 1.29 is 22.7 Å². The number of aliphatic hydroxyl groups is 1. The summed E-state index contributed by atoms with van der Waals surface area (Å²) >= 11 is 0. The Morgan fingerprint density at radius 1 is 1.50 bits per heavy atom. The number of halogens is 3. The highest BCUT2D eigenvalue weighted by atomic mass is 19.4. The summed E-state index contributed by atoms with van der Waals surface area (Å²) in [5, 5.41) is 8.71. The first-order valence-corrected chi connectivity index (χ1v) is 3.21. The Balaban J connectivity index is 2.92. The molecule has 0 radical (unpaired) electrons. The molecule has 0 saturated carbocycles. The molecule has 0 aliphatic heterocycles. The van der Waals surface area contributed by atoms with Crippen molar-refractivity contribution in [2.45, 2.75) is 19.2 Å². The molecule has 1 heterocycles. The van der Waals surface area contributed by atoms with E-state index in [0.29, 0.717) is 5.56 Å². The standard InChI is InChI=1S/C7H7F3O2/c1-4-2-3-12-5(4)6(11)7(8,9)10/h2-3,6,11H,1H3. The molecule has 68 valence electrons. The molecule has 1 aromatic rings. The summed E-state index contributed by atoms with van der Waals surface area (Å²) in [6.45, 7) is 1.44. The third kappa shape index (κ3) is 1.61. The molecule has 1 unspecified atom stereocenters. The molecule has 5 heteroatoms. The fraction of sp³-hybridized carbons (Fsp3) is 0.429. The van der Waals surface area contributed by atoms with Gasteiger partial charge >= 0.3 is 6.18 Å². The van der Waals surface area contributed by atoms with Gasteiger partial charge in [-0.2, -0.15) is 13.2 Å². The normalized spacial score (nSPS) is 14.8. The minimum atomic E-state index is -4.66. The minimum absolute atomic E-state index is 0.292. The lowest BCUT2D eigenvalue weighted by atomic mass is 10.2. The maximum absolute atomic E-state index is 11.9. The van der Waals surface area contributed by atoms with Crippen molar-refractivity contribution in [2.75, 3.05) is 0 Å². The Morgan fingerprint density at radius 3 is 2.42 bits per heavy atom. The largest absolute Gasteiger partial charge is 0.466 e. The maximum atomic E-state index is 11.9. The van der Waals surface area contributed by atoms with Crippen LogP contribution in [-0.4, -0.2) is 11.3 Å². The zero-order chi connectivity index (χ0) is 9.35. The lowest BCUT2D eigenvalue weighted by Gasteiger charge is -2.12. The number of aryl methyl sites for hydroxylation is 1. The quantitative estimate of drug-likeness (QED) is 0.718. The summed E-state index contributed by atoms with van der Waals surface area (Å²) in [6.07, 6.45) is -6.07. The summed E-state index contributed by atoms with van der Waals surface area (Å²) in [5.74, 6) is -0.442. The smallest absolute Gasteiger partial charge is 0.421 e. The predicted molar refractivity (Wildman–Crippen MR) is 34.5 cm³/mol.